The highest BCUT2D eigenvalue weighted by Crippen LogP contribution is 2.28. The number of rotatable bonds is 6. The van der Waals surface area contributed by atoms with Crippen molar-refractivity contribution in [3.8, 4) is 0 Å². The minimum Gasteiger partial charge on any atom is -0.388 e. The third-order valence-electron chi connectivity index (χ3n) is 3.37. The van der Waals surface area contributed by atoms with Crippen molar-refractivity contribution in [2.45, 2.75) is 25.0 Å². The number of aliphatic hydroxyl groups excluding tert-OH is 2. The van der Waals surface area contributed by atoms with Crippen LogP contribution in [0.1, 0.15) is 36.2 Å². The van der Waals surface area contributed by atoms with E-state index in [1.165, 1.54) is 0 Å². The molecule has 2 aromatic rings. The summed E-state index contributed by atoms with van der Waals surface area (Å²) >= 11 is 12.0. The maximum absolute atomic E-state index is 12.0. The molecule has 2 atom stereocenters. The molecule has 0 fully saturated rings. The number of hydrogen-bond acceptors (Lipinski definition) is 3. The second kappa shape index (κ2) is 7.75. The van der Waals surface area contributed by atoms with Gasteiger partial charge in [0.05, 0.1) is 12.2 Å². The molecule has 2 rings (SSSR count). The number of Topliss-reactive ketones (excluding diaryl/α,β-unsaturated/α-hetero) is 1. The average molecular weight is 339 g/mol. The first-order valence-corrected chi connectivity index (χ1v) is 7.61. The van der Waals surface area contributed by atoms with Crippen LogP contribution < -0.4 is 0 Å². The van der Waals surface area contributed by atoms with E-state index < -0.39 is 12.2 Å². The first-order valence-electron chi connectivity index (χ1n) is 6.85. The molecule has 0 unspecified atom stereocenters. The number of aliphatic hydroxyl groups is 2. The topological polar surface area (TPSA) is 57.5 Å². The van der Waals surface area contributed by atoms with E-state index in [1.54, 1.807) is 48.5 Å². The van der Waals surface area contributed by atoms with Crippen LogP contribution in [0.2, 0.25) is 10.0 Å². The van der Waals surface area contributed by atoms with E-state index in [0.717, 1.165) is 0 Å². The summed E-state index contributed by atoms with van der Waals surface area (Å²) in [7, 11) is 0. The Balaban J connectivity index is 1.98. The van der Waals surface area contributed by atoms with Crippen molar-refractivity contribution in [2.75, 3.05) is 0 Å². The predicted molar refractivity (Wildman–Crippen MR) is 87.1 cm³/mol. The Kier molecular flexibility index (Phi) is 5.98. The Morgan fingerprint density at radius 2 is 1.18 bits per heavy atom. The van der Waals surface area contributed by atoms with Gasteiger partial charge in [0.1, 0.15) is 5.78 Å². The van der Waals surface area contributed by atoms with Gasteiger partial charge in [-0.25, -0.2) is 0 Å². The van der Waals surface area contributed by atoms with Crippen molar-refractivity contribution in [3.05, 3.63) is 69.7 Å². The first kappa shape index (κ1) is 17.0. The summed E-state index contributed by atoms with van der Waals surface area (Å²) in [5.74, 6) is -0.264. The molecule has 5 heteroatoms. The van der Waals surface area contributed by atoms with Gasteiger partial charge in [-0.1, -0.05) is 59.6 Å². The van der Waals surface area contributed by atoms with Gasteiger partial charge in [0, 0.05) is 22.9 Å². The minimum absolute atomic E-state index is 0.106. The van der Waals surface area contributed by atoms with Crippen LogP contribution in [0.3, 0.4) is 0 Å². The van der Waals surface area contributed by atoms with E-state index in [1.807, 2.05) is 0 Å². The Labute approximate surface area is 139 Å². The molecule has 0 aliphatic heterocycles. The number of ketones is 1. The Bertz CT molecular complexity index is 602. The molecule has 2 N–H and O–H groups in total. The third kappa shape index (κ3) is 4.31. The summed E-state index contributed by atoms with van der Waals surface area (Å²) in [4.78, 5) is 12.0. The maximum atomic E-state index is 12.0. The van der Waals surface area contributed by atoms with Crippen molar-refractivity contribution >= 4 is 29.0 Å². The summed E-state index contributed by atoms with van der Waals surface area (Å²) in [6.07, 6.45) is -2.18. The van der Waals surface area contributed by atoms with Gasteiger partial charge in [0.15, 0.2) is 0 Å². The van der Waals surface area contributed by atoms with Crippen LogP contribution in [-0.4, -0.2) is 16.0 Å². The van der Waals surface area contributed by atoms with E-state index in [-0.39, 0.29) is 18.6 Å². The van der Waals surface area contributed by atoms with E-state index >= 15 is 0 Å². The lowest BCUT2D eigenvalue weighted by Crippen LogP contribution is -2.11. The summed E-state index contributed by atoms with van der Waals surface area (Å²) in [6, 6.07) is 13.6. The Morgan fingerprint density at radius 3 is 1.55 bits per heavy atom. The van der Waals surface area contributed by atoms with Crippen LogP contribution in [0.25, 0.3) is 0 Å². The second-order valence-corrected chi connectivity index (χ2v) is 5.84. The van der Waals surface area contributed by atoms with Gasteiger partial charge < -0.3 is 10.2 Å². The molecule has 3 nitrogen and oxygen atoms in total. The van der Waals surface area contributed by atoms with Crippen LogP contribution in [-0.2, 0) is 4.79 Å². The molecule has 0 saturated heterocycles. The fraction of sp³-hybridized carbons (Fsp3) is 0.235. The zero-order chi connectivity index (χ0) is 16.1. The minimum atomic E-state index is -0.986. The number of halogens is 2. The smallest absolute Gasteiger partial charge is 0.138 e. The van der Waals surface area contributed by atoms with Gasteiger partial charge >= 0.3 is 0 Å². The van der Waals surface area contributed by atoms with Gasteiger partial charge in [-0.05, 0) is 23.3 Å². The average Bonchev–Trinajstić information content (AvgIpc) is 2.47. The maximum Gasteiger partial charge on any atom is 0.138 e. The van der Waals surface area contributed by atoms with Crippen molar-refractivity contribution in [2.24, 2.45) is 0 Å². The van der Waals surface area contributed by atoms with Crippen LogP contribution in [0.4, 0.5) is 0 Å². The van der Waals surface area contributed by atoms with Crippen molar-refractivity contribution in [1.82, 2.24) is 0 Å². The molecule has 0 aliphatic carbocycles. The Morgan fingerprint density at radius 1 is 0.818 bits per heavy atom. The first-order chi connectivity index (χ1) is 10.5. The van der Waals surface area contributed by atoms with Crippen molar-refractivity contribution in [3.63, 3.8) is 0 Å². The molecule has 0 spiro atoms. The van der Waals surface area contributed by atoms with Gasteiger partial charge in [0.25, 0.3) is 0 Å². The monoisotopic (exact) mass is 338 g/mol. The molecule has 0 aliphatic rings. The lowest BCUT2D eigenvalue weighted by molar-refractivity contribution is -0.123. The predicted octanol–water partition coefficient (Wildman–Crippen LogP) is 4.11. The lowest BCUT2D eigenvalue weighted by atomic mass is 9.98. The number of benzene rings is 2. The second-order valence-electron chi connectivity index (χ2n) is 5.02. The third-order valence-corrected chi connectivity index (χ3v) is 4.06. The normalized spacial score (nSPS) is 13.6. The molecule has 0 heterocycles. The molecule has 0 radical (unpaired) electrons. The molecule has 22 heavy (non-hydrogen) atoms. The number of carbonyl (C=O) groups is 1. The molecule has 116 valence electrons. The van der Waals surface area contributed by atoms with E-state index in [9.17, 15) is 15.0 Å². The SMILES string of the molecule is O=C(C[C@@H](O)c1ccccc1Cl)C[C@H](O)c1ccccc1Cl. The summed E-state index contributed by atoms with van der Waals surface area (Å²) in [5, 5.41) is 21.0. The van der Waals surface area contributed by atoms with E-state index in [4.69, 9.17) is 23.2 Å². The molecular formula is C17H16Cl2O3. The standard InChI is InChI=1S/C17H16Cl2O3/c18-14-7-3-1-5-12(14)16(21)9-11(20)10-17(22)13-6-2-4-8-15(13)19/h1-8,16-17,21-22H,9-10H2/t16-,17+. The van der Waals surface area contributed by atoms with Crippen LogP contribution in [0.15, 0.2) is 48.5 Å². The zero-order valence-corrected chi connectivity index (χ0v) is 13.3. The summed E-state index contributed by atoms with van der Waals surface area (Å²) in [5.41, 5.74) is 1.01. The largest absolute Gasteiger partial charge is 0.388 e. The number of hydrogen-bond donors (Lipinski definition) is 2. The molecular weight excluding hydrogens is 323 g/mol. The Hall–Kier alpha value is -1.39. The molecule has 0 amide bonds. The molecule has 0 bridgehead atoms. The molecule has 0 saturated carbocycles. The molecule has 0 aromatic heterocycles. The van der Waals surface area contributed by atoms with Crippen molar-refractivity contribution < 1.29 is 15.0 Å². The highest BCUT2D eigenvalue weighted by atomic mass is 35.5. The van der Waals surface area contributed by atoms with Crippen molar-refractivity contribution in [1.29, 1.82) is 0 Å². The fourth-order valence-corrected chi connectivity index (χ4v) is 2.75. The van der Waals surface area contributed by atoms with Crippen LogP contribution in [0, 0.1) is 0 Å². The lowest BCUT2D eigenvalue weighted by Gasteiger charge is -2.15. The van der Waals surface area contributed by atoms with E-state index in [0.29, 0.717) is 21.2 Å². The zero-order valence-electron chi connectivity index (χ0n) is 11.7. The van der Waals surface area contributed by atoms with Gasteiger partial charge in [0.2, 0.25) is 0 Å². The van der Waals surface area contributed by atoms with Gasteiger partial charge in [-0.2, -0.15) is 0 Å². The van der Waals surface area contributed by atoms with Gasteiger partial charge in [-0.3, -0.25) is 4.79 Å². The quantitative estimate of drug-likeness (QED) is 0.833. The van der Waals surface area contributed by atoms with Gasteiger partial charge in [-0.15, -0.1) is 0 Å². The molecule has 2 aromatic carbocycles. The van der Waals surface area contributed by atoms with Crippen LogP contribution in [0.5, 0.6) is 0 Å². The fourth-order valence-electron chi connectivity index (χ4n) is 2.23. The van der Waals surface area contributed by atoms with Crippen LogP contribution >= 0.6 is 23.2 Å². The highest BCUT2D eigenvalue weighted by molar-refractivity contribution is 6.31. The summed E-state index contributed by atoms with van der Waals surface area (Å²) < 4.78 is 0. The number of carbonyl (C=O) groups excluding carboxylic acids is 1. The highest BCUT2D eigenvalue weighted by Gasteiger charge is 2.20. The van der Waals surface area contributed by atoms with E-state index in [2.05, 4.69) is 0 Å². The summed E-state index contributed by atoms with van der Waals surface area (Å²) in [6.45, 7) is 0.